The fourth-order valence-electron chi connectivity index (χ4n) is 3.24. The van der Waals surface area contributed by atoms with Crippen LogP contribution < -0.4 is 4.90 Å². The molecule has 0 N–H and O–H groups in total. The van der Waals surface area contributed by atoms with E-state index in [1.54, 1.807) is 0 Å². The highest BCUT2D eigenvalue weighted by atomic mass is 15.2. The maximum absolute atomic E-state index is 4.40. The standard InChI is InChI=1S/C19H25N3/c1-21(13-11-18-7-5-6-12-20-18)15-17-10-14-22(16-17)19-8-3-2-4-9-19/h2-9,12,17H,10-11,13-16H2,1H3/t17-/m0/s1. The minimum absolute atomic E-state index is 0.772. The lowest BCUT2D eigenvalue weighted by Crippen LogP contribution is -2.29. The van der Waals surface area contributed by atoms with Crippen LogP contribution in [0, 0.1) is 5.92 Å². The molecule has 1 atom stereocenters. The highest BCUT2D eigenvalue weighted by Crippen LogP contribution is 2.23. The van der Waals surface area contributed by atoms with E-state index < -0.39 is 0 Å². The molecule has 1 aliphatic rings. The first-order valence-corrected chi connectivity index (χ1v) is 8.20. The average molecular weight is 295 g/mol. The van der Waals surface area contributed by atoms with E-state index in [9.17, 15) is 0 Å². The fourth-order valence-corrected chi connectivity index (χ4v) is 3.24. The zero-order valence-electron chi connectivity index (χ0n) is 13.4. The lowest BCUT2D eigenvalue weighted by molar-refractivity contribution is 0.289. The quantitative estimate of drug-likeness (QED) is 0.816. The van der Waals surface area contributed by atoms with Gasteiger partial charge >= 0.3 is 0 Å². The zero-order valence-corrected chi connectivity index (χ0v) is 13.4. The van der Waals surface area contributed by atoms with Crippen molar-refractivity contribution in [3.63, 3.8) is 0 Å². The van der Waals surface area contributed by atoms with Crippen LogP contribution in [0.1, 0.15) is 12.1 Å². The molecule has 3 heteroatoms. The number of hydrogen-bond donors (Lipinski definition) is 0. The van der Waals surface area contributed by atoms with Gasteiger partial charge in [-0.15, -0.1) is 0 Å². The van der Waals surface area contributed by atoms with Gasteiger partial charge in [0.05, 0.1) is 0 Å². The van der Waals surface area contributed by atoms with E-state index in [2.05, 4.69) is 64.3 Å². The Labute approximate surface area is 133 Å². The third-order valence-corrected chi connectivity index (χ3v) is 4.45. The number of pyridine rings is 1. The molecule has 1 aliphatic heterocycles. The van der Waals surface area contributed by atoms with Crippen LogP contribution in [0.15, 0.2) is 54.7 Å². The first-order chi connectivity index (χ1) is 10.8. The largest absolute Gasteiger partial charge is 0.371 e. The molecular formula is C19H25N3. The molecule has 1 aromatic heterocycles. The van der Waals surface area contributed by atoms with Crippen LogP contribution in [0.3, 0.4) is 0 Å². The van der Waals surface area contributed by atoms with E-state index >= 15 is 0 Å². The minimum atomic E-state index is 0.772. The van der Waals surface area contributed by atoms with E-state index in [-0.39, 0.29) is 0 Å². The summed E-state index contributed by atoms with van der Waals surface area (Å²) in [5, 5.41) is 0. The summed E-state index contributed by atoms with van der Waals surface area (Å²) in [6.45, 7) is 4.62. The summed E-state index contributed by atoms with van der Waals surface area (Å²) >= 11 is 0. The maximum atomic E-state index is 4.40. The van der Waals surface area contributed by atoms with Gasteiger partial charge in [0.15, 0.2) is 0 Å². The van der Waals surface area contributed by atoms with E-state index in [0.29, 0.717) is 0 Å². The normalized spacial score (nSPS) is 18.1. The molecule has 1 aromatic carbocycles. The summed E-state index contributed by atoms with van der Waals surface area (Å²) in [5.74, 6) is 0.772. The first-order valence-electron chi connectivity index (χ1n) is 8.20. The van der Waals surface area contributed by atoms with Crippen molar-refractivity contribution in [3.8, 4) is 0 Å². The van der Waals surface area contributed by atoms with Crippen molar-refractivity contribution in [2.75, 3.05) is 38.1 Å². The molecule has 1 saturated heterocycles. The number of hydrogen-bond acceptors (Lipinski definition) is 3. The maximum Gasteiger partial charge on any atom is 0.0416 e. The monoisotopic (exact) mass is 295 g/mol. The Balaban J connectivity index is 1.44. The molecule has 2 heterocycles. The molecule has 0 aliphatic carbocycles. The Morgan fingerprint density at radius 2 is 1.95 bits per heavy atom. The van der Waals surface area contributed by atoms with Crippen LogP contribution in [0.5, 0.6) is 0 Å². The second kappa shape index (κ2) is 7.41. The van der Waals surface area contributed by atoms with Crippen molar-refractivity contribution < 1.29 is 0 Å². The van der Waals surface area contributed by atoms with Gasteiger partial charge < -0.3 is 9.80 Å². The third-order valence-electron chi connectivity index (χ3n) is 4.45. The molecular weight excluding hydrogens is 270 g/mol. The highest BCUT2D eigenvalue weighted by Gasteiger charge is 2.23. The van der Waals surface area contributed by atoms with Gasteiger partial charge in [-0.3, -0.25) is 4.98 Å². The second-order valence-corrected chi connectivity index (χ2v) is 6.27. The Bertz CT molecular complexity index is 555. The molecule has 0 bridgehead atoms. The molecule has 0 amide bonds. The summed E-state index contributed by atoms with van der Waals surface area (Å²) in [6.07, 6.45) is 4.21. The summed E-state index contributed by atoms with van der Waals surface area (Å²) in [4.78, 5) is 9.36. The lowest BCUT2D eigenvalue weighted by Gasteiger charge is -2.22. The topological polar surface area (TPSA) is 19.4 Å². The molecule has 1 fully saturated rings. The lowest BCUT2D eigenvalue weighted by atomic mass is 10.1. The van der Waals surface area contributed by atoms with Crippen molar-refractivity contribution in [1.82, 2.24) is 9.88 Å². The van der Waals surface area contributed by atoms with Gasteiger partial charge in [-0.2, -0.15) is 0 Å². The second-order valence-electron chi connectivity index (χ2n) is 6.27. The summed E-state index contributed by atoms with van der Waals surface area (Å²) in [5.41, 5.74) is 2.55. The molecule has 0 unspecified atom stereocenters. The van der Waals surface area contributed by atoms with Crippen molar-refractivity contribution in [2.45, 2.75) is 12.8 Å². The summed E-state index contributed by atoms with van der Waals surface area (Å²) < 4.78 is 0. The van der Waals surface area contributed by atoms with Gasteiger partial charge in [0, 0.05) is 50.2 Å². The summed E-state index contributed by atoms with van der Waals surface area (Å²) in [7, 11) is 2.23. The van der Waals surface area contributed by atoms with Crippen LogP contribution in [-0.4, -0.2) is 43.1 Å². The van der Waals surface area contributed by atoms with Crippen LogP contribution in [0.25, 0.3) is 0 Å². The van der Waals surface area contributed by atoms with Crippen molar-refractivity contribution in [1.29, 1.82) is 0 Å². The molecule has 3 rings (SSSR count). The molecule has 22 heavy (non-hydrogen) atoms. The van der Waals surface area contributed by atoms with Gasteiger partial charge in [-0.25, -0.2) is 0 Å². The Hall–Kier alpha value is -1.87. The summed E-state index contributed by atoms with van der Waals surface area (Å²) in [6, 6.07) is 16.9. The van der Waals surface area contributed by atoms with Crippen molar-refractivity contribution in [3.05, 3.63) is 60.4 Å². The number of rotatable bonds is 6. The molecule has 116 valence electrons. The zero-order chi connectivity index (χ0) is 15.2. The molecule has 0 radical (unpaired) electrons. The highest BCUT2D eigenvalue weighted by molar-refractivity contribution is 5.46. The van der Waals surface area contributed by atoms with Crippen molar-refractivity contribution >= 4 is 5.69 Å². The van der Waals surface area contributed by atoms with Gasteiger partial charge in [0.25, 0.3) is 0 Å². The molecule has 2 aromatic rings. The predicted octanol–water partition coefficient (Wildman–Crippen LogP) is 3.08. The van der Waals surface area contributed by atoms with Gasteiger partial charge in [0.2, 0.25) is 0 Å². The van der Waals surface area contributed by atoms with Crippen LogP contribution in [0.2, 0.25) is 0 Å². The van der Waals surface area contributed by atoms with Crippen LogP contribution >= 0.6 is 0 Å². The first kappa shape index (κ1) is 15.0. The average Bonchev–Trinajstić information content (AvgIpc) is 3.03. The fraction of sp³-hybridized carbons (Fsp3) is 0.421. The van der Waals surface area contributed by atoms with E-state index in [1.807, 2.05) is 12.3 Å². The van der Waals surface area contributed by atoms with Gasteiger partial charge in [0.1, 0.15) is 0 Å². The van der Waals surface area contributed by atoms with Gasteiger partial charge in [-0.05, 0) is 43.7 Å². The Kier molecular flexibility index (Phi) is 5.07. The third kappa shape index (κ3) is 4.08. The minimum Gasteiger partial charge on any atom is -0.371 e. The number of likely N-dealkylation sites (N-methyl/N-ethyl adjacent to an activating group) is 1. The smallest absolute Gasteiger partial charge is 0.0416 e. The molecule has 0 spiro atoms. The van der Waals surface area contributed by atoms with Crippen LogP contribution in [0.4, 0.5) is 5.69 Å². The van der Waals surface area contributed by atoms with E-state index in [4.69, 9.17) is 0 Å². The Morgan fingerprint density at radius 1 is 1.14 bits per heavy atom. The predicted molar refractivity (Wildman–Crippen MR) is 92.2 cm³/mol. The number of anilines is 1. The number of aromatic nitrogens is 1. The van der Waals surface area contributed by atoms with Gasteiger partial charge in [-0.1, -0.05) is 24.3 Å². The number of benzene rings is 1. The molecule has 3 nitrogen and oxygen atoms in total. The molecule has 0 saturated carbocycles. The number of nitrogens with zero attached hydrogens (tertiary/aromatic N) is 3. The van der Waals surface area contributed by atoms with E-state index in [1.165, 1.54) is 37.4 Å². The van der Waals surface area contributed by atoms with Crippen LogP contribution in [-0.2, 0) is 6.42 Å². The Morgan fingerprint density at radius 3 is 2.73 bits per heavy atom. The number of para-hydroxylation sites is 1. The van der Waals surface area contributed by atoms with E-state index in [0.717, 1.165) is 18.9 Å². The SMILES string of the molecule is CN(CCc1ccccn1)C[C@@H]1CCN(c2ccccc2)C1. The van der Waals surface area contributed by atoms with Crippen molar-refractivity contribution in [2.24, 2.45) is 5.92 Å².